The zero-order chi connectivity index (χ0) is 13.7. The molecule has 0 spiro atoms. The molecule has 2 rings (SSSR count). The minimum Gasteiger partial charge on any atom is -0.447 e. The summed E-state index contributed by atoms with van der Waals surface area (Å²) in [4.78, 5) is 12.7. The number of carbonyl (C=O) groups excluding carboxylic acids is 1. The van der Waals surface area contributed by atoms with Gasteiger partial charge in [0.1, 0.15) is 17.7 Å². The molecule has 102 valence electrons. The molecule has 0 fully saturated rings. The number of nitriles is 1. The van der Waals surface area contributed by atoms with Gasteiger partial charge in [0.25, 0.3) is 0 Å². The molecule has 0 aliphatic heterocycles. The van der Waals surface area contributed by atoms with Crippen LogP contribution in [0.15, 0.2) is 0 Å². The van der Waals surface area contributed by atoms with Gasteiger partial charge in [0.15, 0.2) is 0 Å². The summed E-state index contributed by atoms with van der Waals surface area (Å²) in [5.41, 5.74) is 1.66. The molecule has 0 aromatic carbocycles. The summed E-state index contributed by atoms with van der Waals surface area (Å²) >= 11 is 1.46. The molecule has 19 heavy (non-hydrogen) atoms. The highest BCUT2D eigenvalue weighted by atomic mass is 32.1. The lowest BCUT2D eigenvalue weighted by atomic mass is 10.1. The fourth-order valence-corrected chi connectivity index (χ4v) is 3.44. The fraction of sp³-hybridized carbons (Fsp3) is 0.538. The number of fused-ring (bicyclic) bond motifs is 1. The molecule has 0 saturated carbocycles. The first-order valence-corrected chi connectivity index (χ1v) is 7.17. The molecule has 2 N–H and O–H groups in total. The molecule has 0 unspecified atom stereocenters. The van der Waals surface area contributed by atoms with Gasteiger partial charge >= 0.3 is 6.09 Å². The third-order valence-corrected chi connectivity index (χ3v) is 4.28. The van der Waals surface area contributed by atoms with Gasteiger partial charge in [-0.2, -0.15) is 5.26 Å². The van der Waals surface area contributed by atoms with E-state index in [0.717, 1.165) is 31.2 Å². The van der Waals surface area contributed by atoms with Gasteiger partial charge in [-0.15, -0.1) is 11.3 Å². The van der Waals surface area contributed by atoms with Crippen LogP contribution in [-0.2, 0) is 17.6 Å². The van der Waals surface area contributed by atoms with E-state index in [1.54, 1.807) is 0 Å². The molecular formula is C13H16N2O3S. The van der Waals surface area contributed by atoms with Gasteiger partial charge in [-0.25, -0.2) is 4.79 Å². The highest BCUT2D eigenvalue weighted by molar-refractivity contribution is 7.16. The Hall–Kier alpha value is -1.58. The second kappa shape index (κ2) is 6.55. The van der Waals surface area contributed by atoms with E-state index in [0.29, 0.717) is 10.6 Å². The number of rotatable bonds is 3. The molecule has 0 atom stereocenters. The van der Waals surface area contributed by atoms with Crippen molar-refractivity contribution in [2.24, 2.45) is 0 Å². The van der Waals surface area contributed by atoms with Gasteiger partial charge in [-0.1, -0.05) is 6.42 Å². The van der Waals surface area contributed by atoms with E-state index in [9.17, 15) is 10.1 Å². The van der Waals surface area contributed by atoms with E-state index in [1.165, 1.54) is 22.6 Å². The first kappa shape index (κ1) is 13.8. The lowest BCUT2D eigenvalue weighted by molar-refractivity contribution is 0.131. The standard InChI is InChI=1S/C13H16N2O3S/c14-8-10-9-4-2-1-3-5-11(9)19-12(10)15-13(17)18-7-6-16/h16H,1-7H2,(H,15,17). The number of hydrogen-bond acceptors (Lipinski definition) is 5. The van der Waals surface area contributed by atoms with Gasteiger partial charge in [-0.3, -0.25) is 5.32 Å². The molecule has 1 aromatic rings. The Kier molecular flexibility index (Phi) is 4.77. The average Bonchev–Trinajstić information content (AvgIpc) is 2.58. The minimum absolute atomic E-state index is 0.0428. The number of carbonyl (C=O) groups is 1. The summed E-state index contributed by atoms with van der Waals surface area (Å²) in [5, 5.41) is 21.0. The number of nitrogens with one attached hydrogen (secondary N) is 1. The number of amides is 1. The highest BCUT2D eigenvalue weighted by Gasteiger charge is 2.21. The van der Waals surface area contributed by atoms with Crippen molar-refractivity contribution in [1.29, 1.82) is 5.26 Å². The minimum atomic E-state index is -0.623. The van der Waals surface area contributed by atoms with Crippen LogP contribution in [0.1, 0.15) is 35.3 Å². The molecule has 1 aromatic heterocycles. The van der Waals surface area contributed by atoms with E-state index in [-0.39, 0.29) is 13.2 Å². The summed E-state index contributed by atoms with van der Waals surface area (Å²) in [6, 6.07) is 2.18. The van der Waals surface area contributed by atoms with Crippen LogP contribution in [0.2, 0.25) is 0 Å². The molecular weight excluding hydrogens is 264 g/mol. The SMILES string of the molecule is N#Cc1c(NC(=O)OCCO)sc2c1CCCCC2. The van der Waals surface area contributed by atoms with Crippen LogP contribution in [0.3, 0.4) is 0 Å². The molecule has 0 bridgehead atoms. The molecule has 1 amide bonds. The Balaban J connectivity index is 2.17. The first-order valence-electron chi connectivity index (χ1n) is 6.35. The van der Waals surface area contributed by atoms with E-state index in [1.807, 2.05) is 0 Å². The van der Waals surface area contributed by atoms with Crippen molar-refractivity contribution in [2.45, 2.75) is 32.1 Å². The summed E-state index contributed by atoms with van der Waals surface area (Å²) in [6.07, 6.45) is 4.67. The molecule has 0 radical (unpaired) electrons. The topological polar surface area (TPSA) is 82.4 Å². The smallest absolute Gasteiger partial charge is 0.412 e. The maximum absolute atomic E-state index is 11.5. The van der Waals surface area contributed by atoms with Crippen LogP contribution in [0.5, 0.6) is 0 Å². The van der Waals surface area contributed by atoms with Gasteiger partial charge in [0.2, 0.25) is 0 Å². The van der Waals surface area contributed by atoms with Crippen molar-refractivity contribution in [3.05, 3.63) is 16.0 Å². The summed E-state index contributed by atoms with van der Waals surface area (Å²) in [7, 11) is 0. The Morgan fingerprint density at radius 3 is 2.95 bits per heavy atom. The van der Waals surface area contributed by atoms with Crippen LogP contribution >= 0.6 is 11.3 Å². The number of nitrogens with zero attached hydrogens (tertiary/aromatic N) is 1. The zero-order valence-corrected chi connectivity index (χ0v) is 11.4. The van der Waals surface area contributed by atoms with Crippen molar-refractivity contribution in [3.8, 4) is 6.07 Å². The number of aryl methyl sites for hydroxylation is 1. The van der Waals surface area contributed by atoms with Gasteiger partial charge in [-0.05, 0) is 31.2 Å². The normalized spacial score (nSPS) is 14.1. The van der Waals surface area contributed by atoms with Gasteiger partial charge in [0, 0.05) is 4.88 Å². The van der Waals surface area contributed by atoms with Crippen LogP contribution in [0.25, 0.3) is 0 Å². The number of thiophene rings is 1. The maximum atomic E-state index is 11.5. The van der Waals surface area contributed by atoms with Crippen LogP contribution in [-0.4, -0.2) is 24.4 Å². The quantitative estimate of drug-likeness (QED) is 0.833. The second-order valence-corrected chi connectivity index (χ2v) is 5.47. The third-order valence-electron chi connectivity index (χ3n) is 3.07. The van der Waals surface area contributed by atoms with E-state index < -0.39 is 6.09 Å². The Labute approximate surface area is 115 Å². The number of ether oxygens (including phenoxy) is 1. The summed E-state index contributed by atoms with van der Waals surface area (Å²) in [6.45, 7) is -0.252. The Bertz CT molecular complexity index is 505. The second-order valence-electron chi connectivity index (χ2n) is 4.36. The molecule has 0 saturated heterocycles. The molecule has 6 heteroatoms. The van der Waals surface area contributed by atoms with E-state index in [2.05, 4.69) is 11.4 Å². The number of aliphatic hydroxyl groups excluding tert-OH is 1. The number of hydrogen-bond donors (Lipinski definition) is 2. The van der Waals surface area contributed by atoms with E-state index >= 15 is 0 Å². The number of aliphatic hydroxyl groups is 1. The van der Waals surface area contributed by atoms with Crippen molar-refractivity contribution in [2.75, 3.05) is 18.5 Å². The Morgan fingerprint density at radius 1 is 1.42 bits per heavy atom. The van der Waals surface area contributed by atoms with Crippen LogP contribution in [0.4, 0.5) is 9.80 Å². The van der Waals surface area contributed by atoms with Crippen LogP contribution in [0, 0.1) is 11.3 Å². The van der Waals surface area contributed by atoms with Crippen LogP contribution < -0.4 is 5.32 Å². The zero-order valence-electron chi connectivity index (χ0n) is 10.6. The van der Waals surface area contributed by atoms with Gasteiger partial charge < -0.3 is 9.84 Å². The molecule has 1 aliphatic carbocycles. The molecule has 5 nitrogen and oxygen atoms in total. The number of anilines is 1. The van der Waals surface area contributed by atoms with Crippen molar-refractivity contribution < 1.29 is 14.6 Å². The van der Waals surface area contributed by atoms with E-state index in [4.69, 9.17) is 9.84 Å². The predicted octanol–water partition coefficient (Wildman–Crippen LogP) is 2.43. The molecule has 1 heterocycles. The monoisotopic (exact) mass is 280 g/mol. The summed E-state index contributed by atoms with van der Waals surface area (Å²) in [5.74, 6) is 0. The molecule has 1 aliphatic rings. The van der Waals surface area contributed by atoms with Crippen molar-refractivity contribution in [1.82, 2.24) is 0 Å². The predicted molar refractivity (Wildman–Crippen MR) is 72.3 cm³/mol. The fourth-order valence-electron chi connectivity index (χ4n) is 2.22. The Morgan fingerprint density at radius 2 is 2.21 bits per heavy atom. The lowest BCUT2D eigenvalue weighted by Crippen LogP contribution is -2.15. The third kappa shape index (κ3) is 3.25. The lowest BCUT2D eigenvalue weighted by Gasteiger charge is -2.04. The van der Waals surface area contributed by atoms with Crippen molar-refractivity contribution in [3.63, 3.8) is 0 Å². The highest BCUT2D eigenvalue weighted by Crippen LogP contribution is 2.36. The summed E-state index contributed by atoms with van der Waals surface area (Å²) < 4.78 is 4.75. The average molecular weight is 280 g/mol. The van der Waals surface area contributed by atoms with Crippen molar-refractivity contribution >= 4 is 22.4 Å². The van der Waals surface area contributed by atoms with Gasteiger partial charge in [0.05, 0.1) is 12.2 Å². The maximum Gasteiger partial charge on any atom is 0.412 e. The largest absolute Gasteiger partial charge is 0.447 e. The first-order chi connectivity index (χ1) is 9.26.